The molecule has 134 valence electrons. The zero-order chi connectivity index (χ0) is 18.6. The first-order valence-electron chi connectivity index (χ1n) is 8.92. The molecule has 2 aromatic carbocycles. The number of halogens is 2. The van der Waals surface area contributed by atoms with Gasteiger partial charge in [-0.2, -0.15) is 5.10 Å². The second-order valence-corrected chi connectivity index (χ2v) is 7.74. The highest BCUT2D eigenvalue weighted by Crippen LogP contribution is 2.55. The average molecular weight is 352 g/mol. The average Bonchev–Trinajstić information content (AvgIpc) is 2.95. The Morgan fingerprint density at radius 2 is 1.81 bits per heavy atom. The van der Waals surface area contributed by atoms with Gasteiger partial charge in [0.2, 0.25) is 0 Å². The summed E-state index contributed by atoms with van der Waals surface area (Å²) in [6, 6.07) is 8.49. The van der Waals surface area contributed by atoms with Crippen molar-refractivity contribution < 1.29 is 8.78 Å². The SMILES string of the molecule is Cc1cccc(C)c1-c1cnn(-c2cc(F)cc(F)c2C2(C)C[C@@H]2C)c1. The van der Waals surface area contributed by atoms with Crippen molar-refractivity contribution >= 4 is 0 Å². The maximum Gasteiger partial charge on any atom is 0.132 e. The summed E-state index contributed by atoms with van der Waals surface area (Å²) in [6.07, 6.45) is 4.53. The minimum Gasteiger partial charge on any atom is -0.240 e. The predicted octanol–water partition coefficient (Wildman–Crippen LogP) is 5.73. The second kappa shape index (κ2) is 5.76. The van der Waals surface area contributed by atoms with E-state index in [9.17, 15) is 8.78 Å². The Labute approximate surface area is 152 Å². The zero-order valence-electron chi connectivity index (χ0n) is 15.5. The number of benzene rings is 2. The molecule has 0 saturated heterocycles. The standard InChI is InChI=1S/C22H22F2N2/c1-13-6-5-7-14(2)20(13)16-11-25-26(12-16)19-9-17(23)8-18(24)21(19)22(4)10-15(22)3/h5-9,11-12,15H,10H2,1-4H3/t15-,22?/m0/s1. The highest BCUT2D eigenvalue weighted by molar-refractivity contribution is 5.70. The van der Waals surface area contributed by atoms with Crippen LogP contribution in [0.5, 0.6) is 0 Å². The lowest BCUT2D eigenvalue weighted by atomic mass is 9.93. The molecule has 1 aromatic heterocycles. The topological polar surface area (TPSA) is 17.8 Å². The van der Waals surface area contributed by atoms with E-state index in [1.165, 1.54) is 6.07 Å². The monoisotopic (exact) mass is 352 g/mol. The molecule has 0 amide bonds. The van der Waals surface area contributed by atoms with Crippen LogP contribution < -0.4 is 0 Å². The van der Waals surface area contributed by atoms with Crippen molar-refractivity contribution in [3.8, 4) is 16.8 Å². The number of aromatic nitrogens is 2. The van der Waals surface area contributed by atoms with Crippen molar-refractivity contribution in [2.45, 2.75) is 39.5 Å². The van der Waals surface area contributed by atoms with Gasteiger partial charge in [-0.05, 0) is 42.9 Å². The number of aryl methyl sites for hydroxylation is 2. The molecule has 0 N–H and O–H groups in total. The Morgan fingerprint density at radius 3 is 2.42 bits per heavy atom. The quantitative estimate of drug-likeness (QED) is 0.588. The van der Waals surface area contributed by atoms with Crippen molar-refractivity contribution in [1.82, 2.24) is 9.78 Å². The van der Waals surface area contributed by atoms with Crippen LogP contribution in [0, 0.1) is 31.4 Å². The molecule has 4 heteroatoms. The Morgan fingerprint density at radius 1 is 1.15 bits per heavy atom. The van der Waals surface area contributed by atoms with Gasteiger partial charge in [0.15, 0.2) is 0 Å². The van der Waals surface area contributed by atoms with Gasteiger partial charge < -0.3 is 0 Å². The van der Waals surface area contributed by atoms with Crippen LogP contribution in [0.3, 0.4) is 0 Å². The molecule has 1 aliphatic rings. The fourth-order valence-corrected chi connectivity index (χ4v) is 4.09. The number of rotatable bonds is 3. The molecule has 1 saturated carbocycles. The molecule has 1 heterocycles. The molecule has 3 aromatic rings. The van der Waals surface area contributed by atoms with E-state index < -0.39 is 11.6 Å². The smallest absolute Gasteiger partial charge is 0.132 e. The first-order chi connectivity index (χ1) is 12.3. The molecule has 4 rings (SSSR count). The summed E-state index contributed by atoms with van der Waals surface area (Å²) >= 11 is 0. The van der Waals surface area contributed by atoms with Crippen LogP contribution >= 0.6 is 0 Å². The third-order valence-electron chi connectivity index (χ3n) is 5.86. The van der Waals surface area contributed by atoms with Crippen LogP contribution in [0.1, 0.15) is 37.0 Å². The summed E-state index contributed by atoms with van der Waals surface area (Å²) < 4.78 is 30.3. The van der Waals surface area contributed by atoms with Gasteiger partial charge in [-0.3, -0.25) is 0 Å². The molecule has 0 aliphatic heterocycles. The van der Waals surface area contributed by atoms with Gasteiger partial charge in [0.25, 0.3) is 0 Å². The molecule has 1 unspecified atom stereocenters. The normalized spacial score (nSPS) is 21.8. The van der Waals surface area contributed by atoms with Gasteiger partial charge in [0.1, 0.15) is 11.6 Å². The Balaban J connectivity index is 1.87. The predicted molar refractivity (Wildman–Crippen MR) is 99.5 cm³/mol. The largest absolute Gasteiger partial charge is 0.240 e. The molecule has 2 atom stereocenters. The summed E-state index contributed by atoms with van der Waals surface area (Å²) in [5, 5.41) is 4.44. The zero-order valence-corrected chi connectivity index (χ0v) is 15.5. The summed E-state index contributed by atoms with van der Waals surface area (Å²) in [7, 11) is 0. The van der Waals surface area contributed by atoms with Crippen molar-refractivity contribution in [2.24, 2.45) is 5.92 Å². The van der Waals surface area contributed by atoms with Gasteiger partial charge in [0.05, 0.1) is 11.9 Å². The third-order valence-corrected chi connectivity index (χ3v) is 5.86. The van der Waals surface area contributed by atoms with Gasteiger partial charge in [-0.15, -0.1) is 0 Å². The molecule has 2 nitrogen and oxygen atoms in total. The van der Waals surface area contributed by atoms with Crippen LogP contribution in [0.4, 0.5) is 8.78 Å². The summed E-state index contributed by atoms with van der Waals surface area (Å²) in [4.78, 5) is 0. The van der Waals surface area contributed by atoms with Gasteiger partial charge in [0, 0.05) is 34.9 Å². The second-order valence-electron chi connectivity index (χ2n) is 7.74. The number of nitrogens with zero attached hydrogens (tertiary/aromatic N) is 2. The molecule has 1 fully saturated rings. The van der Waals surface area contributed by atoms with Crippen LogP contribution in [0.15, 0.2) is 42.7 Å². The van der Waals surface area contributed by atoms with Crippen molar-refractivity contribution in [3.63, 3.8) is 0 Å². The highest BCUT2D eigenvalue weighted by atomic mass is 19.1. The third kappa shape index (κ3) is 2.56. The van der Waals surface area contributed by atoms with Crippen LogP contribution in [0.25, 0.3) is 16.8 Å². The summed E-state index contributed by atoms with van der Waals surface area (Å²) in [6.45, 7) is 8.24. The Bertz CT molecular complexity index is 985. The number of hydrogen-bond donors (Lipinski definition) is 0. The molecule has 0 bridgehead atoms. The first kappa shape index (κ1) is 17.0. The van der Waals surface area contributed by atoms with Crippen LogP contribution in [-0.2, 0) is 5.41 Å². The van der Waals surface area contributed by atoms with E-state index in [0.29, 0.717) is 17.2 Å². The van der Waals surface area contributed by atoms with Gasteiger partial charge >= 0.3 is 0 Å². The van der Waals surface area contributed by atoms with E-state index >= 15 is 0 Å². The van der Waals surface area contributed by atoms with Crippen LogP contribution in [0.2, 0.25) is 0 Å². The van der Waals surface area contributed by atoms with Gasteiger partial charge in [-0.25, -0.2) is 13.5 Å². The molecular weight excluding hydrogens is 330 g/mol. The van der Waals surface area contributed by atoms with Crippen molar-refractivity contribution in [3.05, 3.63) is 71.1 Å². The molecule has 0 spiro atoms. The summed E-state index contributed by atoms with van der Waals surface area (Å²) in [5.41, 5.74) is 5.15. The van der Waals surface area contributed by atoms with E-state index in [1.807, 2.05) is 19.2 Å². The lowest BCUT2D eigenvalue weighted by Gasteiger charge is -2.17. The number of hydrogen-bond acceptors (Lipinski definition) is 1. The van der Waals surface area contributed by atoms with Crippen LogP contribution in [-0.4, -0.2) is 9.78 Å². The highest BCUT2D eigenvalue weighted by Gasteiger charge is 2.51. The molecular formula is C22H22F2N2. The van der Waals surface area contributed by atoms with Crippen molar-refractivity contribution in [2.75, 3.05) is 0 Å². The van der Waals surface area contributed by atoms with E-state index in [4.69, 9.17) is 0 Å². The first-order valence-corrected chi connectivity index (χ1v) is 8.92. The lowest BCUT2D eigenvalue weighted by Crippen LogP contribution is -2.13. The van der Waals surface area contributed by atoms with E-state index in [0.717, 1.165) is 34.7 Å². The lowest BCUT2D eigenvalue weighted by molar-refractivity contribution is 0.543. The maximum absolute atomic E-state index is 14.7. The van der Waals surface area contributed by atoms with Crippen molar-refractivity contribution in [1.29, 1.82) is 0 Å². The van der Waals surface area contributed by atoms with E-state index in [2.05, 4.69) is 38.0 Å². The minimum absolute atomic E-state index is 0.266. The maximum atomic E-state index is 14.7. The fraction of sp³-hybridized carbons (Fsp3) is 0.318. The Kier molecular flexibility index (Phi) is 3.76. The van der Waals surface area contributed by atoms with E-state index in [-0.39, 0.29) is 5.41 Å². The van der Waals surface area contributed by atoms with E-state index in [1.54, 1.807) is 10.9 Å². The summed E-state index contributed by atoms with van der Waals surface area (Å²) in [5.74, 6) is -0.701. The molecule has 0 radical (unpaired) electrons. The van der Waals surface area contributed by atoms with Gasteiger partial charge in [-0.1, -0.05) is 32.0 Å². The molecule has 1 aliphatic carbocycles. The molecule has 26 heavy (non-hydrogen) atoms. The Hall–Kier alpha value is -2.49. The minimum atomic E-state index is -0.581. The fourth-order valence-electron chi connectivity index (χ4n) is 4.09.